The number of benzene rings is 7. The molecule has 0 aliphatic carbocycles. The molecule has 0 saturated carbocycles. The average molecular weight is 943 g/mol. The summed E-state index contributed by atoms with van der Waals surface area (Å²) in [4.78, 5) is 0. The maximum absolute atomic E-state index is 2.60. The lowest BCUT2D eigenvalue weighted by Crippen LogP contribution is -2.74. The highest BCUT2D eigenvalue weighted by atomic mass is 14.3. The summed E-state index contributed by atoms with van der Waals surface area (Å²) in [5, 5.41) is 11.9. The first-order valence-electron chi connectivity index (χ1n) is 29.5. The Morgan fingerprint density at radius 1 is 0.243 bits per heavy atom. The summed E-state index contributed by atoms with van der Waals surface area (Å²) in [5.41, 5.74) is 38.4. The van der Waals surface area contributed by atoms with E-state index >= 15 is 0 Å². The zero-order chi connectivity index (χ0) is 55.7. The van der Waals surface area contributed by atoms with Crippen LogP contribution in [0.4, 0.5) is 0 Å². The van der Waals surface area contributed by atoms with Gasteiger partial charge in [-0.05, 0) is 285 Å². The van der Waals surface area contributed by atoms with Gasteiger partial charge in [0.15, 0.2) is 0 Å². The highest BCUT2D eigenvalue weighted by molar-refractivity contribution is 7.85. The Morgan fingerprint density at radius 3 is 0.905 bits per heavy atom. The second-order valence-corrected chi connectivity index (χ2v) is 26.0. The maximum Gasteiger partial charge on any atom is 0.0976 e. The molecule has 7 rings (SSSR count). The molecule has 0 aliphatic rings. The Morgan fingerprint density at radius 2 is 0.568 bits per heavy atom. The Balaban J connectivity index is 1.98. The van der Waals surface area contributed by atoms with Crippen molar-refractivity contribution in [3.05, 3.63) is 100 Å². The van der Waals surface area contributed by atoms with Gasteiger partial charge in [-0.2, -0.15) is 0 Å². The van der Waals surface area contributed by atoms with Crippen molar-refractivity contribution in [3.63, 3.8) is 0 Å². The van der Waals surface area contributed by atoms with Crippen LogP contribution in [-0.4, -0.2) is 158 Å². The quantitative estimate of drug-likeness (QED) is 0.0886. The van der Waals surface area contributed by atoms with Crippen molar-refractivity contribution in [1.82, 2.24) is 0 Å². The minimum absolute atomic E-state index is 0.323. The Hall–Kier alpha value is -2.99. The van der Waals surface area contributed by atoms with E-state index in [1.165, 1.54) is 149 Å². The van der Waals surface area contributed by atoms with Gasteiger partial charge in [0.05, 0.1) is 133 Å². The van der Waals surface area contributed by atoms with Crippen LogP contribution in [0.2, 0.25) is 0 Å². The first kappa shape index (κ1) is 58.7. The molecule has 0 nitrogen and oxygen atoms in total. The van der Waals surface area contributed by atoms with Crippen molar-refractivity contribution in [2.45, 2.75) is 125 Å². The van der Waals surface area contributed by atoms with Crippen molar-refractivity contribution < 1.29 is 0 Å². The van der Waals surface area contributed by atoms with Crippen LogP contribution in [0.5, 0.6) is 0 Å². The van der Waals surface area contributed by atoms with Crippen molar-refractivity contribution in [2.75, 3.05) is 0 Å². The summed E-state index contributed by atoms with van der Waals surface area (Å²) in [7, 11) is 32.4. The summed E-state index contributed by atoms with van der Waals surface area (Å²) in [6, 6.07) is 0. The minimum Gasteiger partial charge on any atom is -0.112 e. The second-order valence-electron chi connectivity index (χ2n) is 26.0. The lowest BCUT2D eigenvalue weighted by atomic mass is 8.70. The van der Waals surface area contributed by atoms with Crippen molar-refractivity contribution in [2.24, 2.45) is 0 Å². The van der Waals surface area contributed by atoms with Crippen molar-refractivity contribution >= 4 is 223 Å². The van der Waals surface area contributed by atoms with Gasteiger partial charge in [-0.3, -0.25) is 0 Å². The largest absolute Gasteiger partial charge is 0.112 e. The molecule has 0 spiro atoms. The van der Waals surface area contributed by atoms with Gasteiger partial charge in [0.1, 0.15) is 0 Å². The van der Waals surface area contributed by atoms with E-state index in [1.807, 2.05) is 0 Å². The number of aryl methyl sites for hydroxylation is 10. The van der Waals surface area contributed by atoms with Gasteiger partial charge in [0.2, 0.25) is 0 Å². The molecule has 354 valence electrons. The summed E-state index contributed by atoms with van der Waals surface area (Å²) in [6.45, 7) is 45.6. The lowest BCUT2D eigenvalue weighted by molar-refractivity contribution is 1.22. The molecule has 0 unspecified atom stereocenters. The molecule has 22 heteroatoms. The number of hydrogen-bond donors (Lipinski definition) is 0. The van der Waals surface area contributed by atoms with Gasteiger partial charge in [-0.25, -0.2) is 0 Å². The molecule has 0 fully saturated rings. The molecular weight excluding hydrogens is 862 g/mol. The molecule has 7 aromatic rings. The SMILES string of the molecule is BBB(B(B)B)c1c(B(B(B)B)B(B)B)c(C)c2c(C)c(C)c(-c3c4c(C)c(C)c(C)c(C)c4c(-c4c(C)c(C)c5c(C)c(C)c(C)c(C)c5c4C)c4c(C)c(C)c(C)c(C)c34)c(B(B)BB)c2c1B(B)B(B)B. The van der Waals surface area contributed by atoms with E-state index in [9.17, 15) is 0 Å². The summed E-state index contributed by atoms with van der Waals surface area (Å²) < 4.78 is 0. The zero-order valence-electron chi connectivity index (χ0n) is 53.0. The first-order valence-corrected chi connectivity index (χ1v) is 29.5. The second kappa shape index (κ2) is 21.3. The van der Waals surface area contributed by atoms with Crippen LogP contribution in [0, 0.1) is 125 Å². The molecule has 7 aromatic carbocycles. The van der Waals surface area contributed by atoms with Crippen LogP contribution >= 0.6 is 0 Å². The van der Waals surface area contributed by atoms with Crippen LogP contribution in [0.1, 0.15) is 100 Å². The van der Waals surface area contributed by atoms with E-state index < -0.39 is 0 Å². The summed E-state index contributed by atoms with van der Waals surface area (Å²) in [5.74, 6) is 0. The smallest absolute Gasteiger partial charge is 0.0976 e. The molecular formula is C52H80B22. The molecule has 0 amide bonds. The van der Waals surface area contributed by atoms with Crippen molar-refractivity contribution in [1.29, 1.82) is 0 Å². The van der Waals surface area contributed by atoms with Crippen LogP contribution in [0.3, 0.4) is 0 Å². The molecule has 0 aliphatic heterocycles. The molecule has 0 atom stereocenters. The summed E-state index contributed by atoms with van der Waals surface area (Å²) in [6.07, 6.45) is 2.05. The lowest BCUT2D eigenvalue weighted by Gasteiger charge is -2.38. The third kappa shape index (κ3) is 8.57. The van der Waals surface area contributed by atoms with Gasteiger partial charge in [0.25, 0.3) is 0 Å². The monoisotopic (exact) mass is 947 g/mol. The van der Waals surface area contributed by atoms with E-state index in [2.05, 4.69) is 217 Å². The molecule has 0 heterocycles. The summed E-state index contributed by atoms with van der Waals surface area (Å²) >= 11 is 0. The highest BCUT2D eigenvalue weighted by Gasteiger charge is 2.40. The predicted octanol–water partition coefficient (Wildman–Crippen LogP) is -3.45. The van der Waals surface area contributed by atoms with Crippen molar-refractivity contribution in [3.8, 4) is 22.3 Å². The third-order valence-electron chi connectivity index (χ3n) is 21.3. The average Bonchev–Trinajstić information content (AvgIpc) is 3.34. The molecule has 0 aromatic heterocycles. The first-order chi connectivity index (χ1) is 34.4. The molecule has 0 radical (unpaired) electrons. The van der Waals surface area contributed by atoms with Crippen LogP contribution in [0.15, 0.2) is 0 Å². The van der Waals surface area contributed by atoms with Crippen LogP contribution < -0.4 is 21.9 Å². The van der Waals surface area contributed by atoms with Gasteiger partial charge in [-0.15, -0.1) is 10.9 Å². The Labute approximate surface area is 467 Å². The topological polar surface area (TPSA) is 0 Å². The third-order valence-corrected chi connectivity index (χ3v) is 21.3. The number of fused-ring (bicyclic) bond motifs is 4. The minimum atomic E-state index is 0.323. The van der Waals surface area contributed by atoms with E-state index in [1.54, 1.807) is 38.2 Å². The maximum atomic E-state index is 2.60. The van der Waals surface area contributed by atoms with Gasteiger partial charge >= 0.3 is 0 Å². The van der Waals surface area contributed by atoms with Crippen LogP contribution in [0.25, 0.3) is 65.3 Å². The fourth-order valence-corrected chi connectivity index (χ4v) is 15.5. The normalized spacial score (nSPS) is 11.5. The van der Waals surface area contributed by atoms with Gasteiger partial charge in [0, 0.05) is 25.5 Å². The van der Waals surface area contributed by atoms with Gasteiger partial charge < -0.3 is 0 Å². The number of rotatable bonds is 12. The molecule has 0 N–H and O–H groups in total. The fourth-order valence-electron chi connectivity index (χ4n) is 15.5. The fraction of sp³-hybridized carbons (Fsp3) is 0.346. The van der Waals surface area contributed by atoms with Gasteiger partial charge in [-0.1, -0.05) is 16.5 Å². The van der Waals surface area contributed by atoms with E-state index in [4.69, 9.17) is 0 Å². The molecule has 74 heavy (non-hydrogen) atoms. The van der Waals surface area contributed by atoms with E-state index in [0.29, 0.717) is 51.5 Å². The van der Waals surface area contributed by atoms with E-state index in [0.717, 1.165) is 14.1 Å². The standard InChI is InChI=1S/C52H80B22/c1-19-20(2)26(8)38-35(17)39(32(14)31(13)37(38)25(19)7)46-41-27(9)21(3)23(5)29(11)43(41)47(44-30(12)24(6)22(4)28(10)42(44)46)45-34(16)33(15)40-36(18)49(70(73(61)62)74(63)64)52(69(66-54)72(59)60)51(68(56)71(57)58)48(40)50(45)67(55)65-53/h65-66H,53-64H2,1-18H3. The molecule has 0 bridgehead atoms. The Kier molecular flexibility index (Phi) is 16.9. The zero-order valence-corrected chi connectivity index (χ0v) is 53.0. The van der Waals surface area contributed by atoms with Crippen LogP contribution in [-0.2, 0) is 0 Å². The highest BCUT2D eigenvalue weighted by Crippen LogP contribution is 2.54. The Bertz CT molecular complexity index is 3430. The number of hydrogen-bond acceptors (Lipinski definition) is 0. The van der Waals surface area contributed by atoms with E-state index in [-0.39, 0.29) is 0 Å². The predicted molar refractivity (Wildman–Crippen MR) is 394 cm³/mol. The molecule has 0 saturated heterocycles.